The highest BCUT2D eigenvalue weighted by Crippen LogP contribution is 2.23. The Kier molecular flexibility index (Phi) is 6.90. The summed E-state index contributed by atoms with van der Waals surface area (Å²) in [5.74, 6) is -0.465. The molecule has 1 heterocycles. The van der Waals surface area contributed by atoms with Crippen LogP contribution in [-0.4, -0.2) is 35.3 Å². The number of benzene rings is 1. The lowest BCUT2D eigenvalue weighted by Gasteiger charge is -2.32. The fourth-order valence-corrected chi connectivity index (χ4v) is 2.78. The normalized spacial score (nSPS) is 11.8. The summed E-state index contributed by atoms with van der Waals surface area (Å²) in [6.45, 7) is 3.17. The van der Waals surface area contributed by atoms with E-state index in [1.54, 1.807) is 19.4 Å². The molecule has 24 heavy (non-hydrogen) atoms. The van der Waals surface area contributed by atoms with E-state index < -0.39 is 5.82 Å². The average Bonchev–Trinajstić information content (AvgIpc) is 2.59. The van der Waals surface area contributed by atoms with E-state index in [2.05, 4.69) is 10.3 Å². The molecule has 0 bridgehead atoms. The molecule has 0 aliphatic heterocycles. The molecule has 0 amide bonds. The number of ether oxygens (including phenoxy) is 1. The monoisotopic (exact) mass is 367 g/mol. The van der Waals surface area contributed by atoms with E-state index in [0.717, 1.165) is 5.56 Å². The molecule has 0 radical (unpaired) electrons. The Morgan fingerprint density at radius 2 is 2.25 bits per heavy atom. The molecule has 1 aromatic carbocycles. The molecule has 0 saturated carbocycles. The van der Waals surface area contributed by atoms with Gasteiger partial charge in [-0.2, -0.15) is 0 Å². The van der Waals surface area contributed by atoms with Crippen LogP contribution in [0, 0.1) is 5.82 Å². The van der Waals surface area contributed by atoms with Crippen LogP contribution in [0.2, 0.25) is 5.02 Å². The number of nitrogens with zero attached hydrogens (tertiary/aromatic N) is 2. The van der Waals surface area contributed by atoms with E-state index in [-0.39, 0.29) is 11.1 Å². The molecule has 0 fully saturated rings. The lowest BCUT2D eigenvalue weighted by molar-refractivity contribution is 0.165. The number of thiocarbonyl (C=S) groups is 1. The average molecular weight is 368 g/mol. The van der Waals surface area contributed by atoms with E-state index >= 15 is 0 Å². The number of hydrogen-bond acceptors (Lipinski definition) is 3. The van der Waals surface area contributed by atoms with Crippen LogP contribution in [-0.2, 0) is 4.74 Å². The van der Waals surface area contributed by atoms with E-state index in [9.17, 15) is 4.39 Å². The second-order valence-corrected chi connectivity index (χ2v) is 6.00. The van der Waals surface area contributed by atoms with Gasteiger partial charge in [-0.15, -0.1) is 0 Å². The van der Waals surface area contributed by atoms with Crippen molar-refractivity contribution in [3.8, 4) is 0 Å². The number of pyridine rings is 1. The van der Waals surface area contributed by atoms with E-state index in [1.165, 1.54) is 12.1 Å². The molecular formula is C17H19ClFN3OS. The molecule has 1 N–H and O–H groups in total. The third-order valence-corrected chi connectivity index (χ3v) is 4.23. The van der Waals surface area contributed by atoms with Gasteiger partial charge in [-0.25, -0.2) is 4.39 Å². The van der Waals surface area contributed by atoms with Gasteiger partial charge in [0, 0.05) is 31.7 Å². The smallest absolute Gasteiger partial charge is 0.174 e. The maximum absolute atomic E-state index is 13.3. The standard InChI is InChI=1S/C17H19ClFN3OS/c1-12(13-4-3-7-20-11-13)22(8-9-23-2)17(24)21-14-5-6-16(19)15(18)10-14/h3-7,10-12H,8-9H2,1-2H3,(H,21,24)/t12-/m0/s1. The summed E-state index contributed by atoms with van der Waals surface area (Å²) < 4.78 is 18.5. The lowest BCUT2D eigenvalue weighted by Crippen LogP contribution is -2.39. The van der Waals surface area contributed by atoms with Gasteiger partial charge in [0.1, 0.15) is 5.82 Å². The topological polar surface area (TPSA) is 37.4 Å². The number of nitrogens with one attached hydrogen (secondary N) is 1. The van der Waals surface area contributed by atoms with Gasteiger partial charge in [-0.3, -0.25) is 4.98 Å². The van der Waals surface area contributed by atoms with Crippen molar-refractivity contribution in [2.45, 2.75) is 13.0 Å². The van der Waals surface area contributed by atoms with Crippen molar-refractivity contribution >= 4 is 34.6 Å². The van der Waals surface area contributed by atoms with Crippen molar-refractivity contribution in [3.05, 3.63) is 59.1 Å². The van der Waals surface area contributed by atoms with Gasteiger partial charge >= 0.3 is 0 Å². The predicted octanol–water partition coefficient (Wildman–Crippen LogP) is 4.28. The number of hydrogen-bond donors (Lipinski definition) is 1. The SMILES string of the molecule is COCCN(C(=S)Nc1ccc(F)c(Cl)c1)[C@@H](C)c1cccnc1. The molecule has 0 saturated heterocycles. The molecular weight excluding hydrogens is 349 g/mol. The Hall–Kier alpha value is -1.76. The van der Waals surface area contributed by atoms with Crippen molar-refractivity contribution in [2.24, 2.45) is 0 Å². The fourth-order valence-electron chi connectivity index (χ4n) is 2.23. The third kappa shape index (κ3) is 4.87. The molecule has 0 aliphatic carbocycles. The first-order valence-electron chi connectivity index (χ1n) is 7.44. The third-order valence-electron chi connectivity index (χ3n) is 3.60. The van der Waals surface area contributed by atoms with Gasteiger partial charge in [0.2, 0.25) is 0 Å². The van der Waals surface area contributed by atoms with Crippen LogP contribution in [0.4, 0.5) is 10.1 Å². The molecule has 2 rings (SSSR count). The summed E-state index contributed by atoms with van der Waals surface area (Å²) in [5, 5.41) is 3.65. The molecule has 0 unspecified atom stereocenters. The minimum absolute atomic E-state index is 0.00442. The minimum Gasteiger partial charge on any atom is -0.383 e. The summed E-state index contributed by atoms with van der Waals surface area (Å²) in [6.07, 6.45) is 3.54. The summed E-state index contributed by atoms with van der Waals surface area (Å²) in [4.78, 5) is 6.15. The number of rotatable bonds is 6. The van der Waals surface area contributed by atoms with Crippen LogP contribution >= 0.6 is 23.8 Å². The number of aromatic nitrogens is 1. The summed E-state index contributed by atoms with van der Waals surface area (Å²) in [7, 11) is 1.64. The summed E-state index contributed by atoms with van der Waals surface area (Å²) in [6, 6.07) is 8.29. The van der Waals surface area contributed by atoms with E-state index in [1.807, 2.05) is 30.2 Å². The van der Waals surface area contributed by atoms with Gasteiger partial charge in [0.25, 0.3) is 0 Å². The summed E-state index contributed by atoms with van der Waals surface area (Å²) >= 11 is 11.3. The summed E-state index contributed by atoms with van der Waals surface area (Å²) in [5.41, 5.74) is 1.67. The van der Waals surface area contributed by atoms with Crippen molar-refractivity contribution in [1.82, 2.24) is 9.88 Å². The van der Waals surface area contributed by atoms with Crippen molar-refractivity contribution < 1.29 is 9.13 Å². The maximum atomic E-state index is 13.3. The molecule has 7 heteroatoms. The van der Waals surface area contributed by atoms with Crippen molar-refractivity contribution in [1.29, 1.82) is 0 Å². The first-order chi connectivity index (χ1) is 11.5. The van der Waals surface area contributed by atoms with Gasteiger partial charge in [0.15, 0.2) is 5.11 Å². The minimum atomic E-state index is -0.465. The first kappa shape index (κ1) is 18.6. The van der Waals surface area contributed by atoms with Crippen molar-refractivity contribution in [3.63, 3.8) is 0 Å². The van der Waals surface area contributed by atoms with Crippen LogP contribution in [0.3, 0.4) is 0 Å². The van der Waals surface area contributed by atoms with Crippen LogP contribution in [0.25, 0.3) is 0 Å². The fraction of sp³-hybridized carbons (Fsp3) is 0.294. The second kappa shape index (κ2) is 8.92. The van der Waals surface area contributed by atoms with Crippen LogP contribution in [0.15, 0.2) is 42.7 Å². The lowest BCUT2D eigenvalue weighted by atomic mass is 10.1. The molecule has 0 aliphatic rings. The predicted molar refractivity (Wildman–Crippen MR) is 98.9 cm³/mol. The Bertz CT molecular complexity index is 687. The van der Waals surface area contributed by atoms with Gasteiger partial charge < -0.3 is 15.0 Å². The van der Waals surface area contributed by atoms with Crippen molar-refractivity contribution in [2.75, 3.05) is 25.6 Å². The second-order valence-electron chi connectivity index (χ2n) is 5.21. The molecule has 0 spiro atoms. The zero-order valence-corrected chi connectivity index (χ0v) is 15.1. The Morgan fingerprint density at radius 1 is 1.46 bits per heavy atom. The zero-order valence-electron chi connectivity index (χ0n) is 13.5. The number of methoxy groups -OCH3 is 1. The largest absolute Gasteiger partial charge is 0.383 e. The molecule has 1 aromatic heterocycles. The quantitative estimate of drug-likeness (QED) is 0.771. The molecule has 2 aromatic rings. The number of anilines is 1. The molecule has 1 atom stereocenters. The highest BCUT2D eigenvalue weighted by molar-refractivity contribution is 7.80. The van der Waals surface area contributed by atoms with Gasteiger partial charge in [-0.1, -0.05) is 17.7 Å². The van der Waals surface area contributed by atoms with Crippen LogP contribution in [0.5, 0.6) is 0 Å². The zero-order chi connectivity index (χ0) is 17.5. The Morgan fingerprint density at radius 3 is 2.88 bits per heavy atom. The first-order valence-corrected chi connectivity index (χ1v) is 8.23. The Labute approximate surface area is 151 Å². The van der Waals surface area contributed by atoms with E-state index in [0.29, 0.717) is 24.0 Å². The highest BCUT2D eigenvalue weighted by atomic mass is 35.5. The van der Waals surface area contributed by atoms with Crippen LogP contribution < -0.4 is 5.32 Å². The molecule has 128 valence electrons. The van der Waals surface area contributed by atoms with Gasteiger partial charge in [0.05, 0.1) is 17.7 Å². The maximum Gasteiger partial charge on any atom is 0.174 e. The van der Waals surface area contributed by atoms with Crippen LogP contribution in [0.1, 0.15) is 18.5 Å². The van der Waals surface area contributed by atoms with Gasteiger partial charge in [-0.05, 0) is 49.0 Å². The van der Waals surface area contributed by atoms with E-state index in [4.69, 9.17) is 28.6 Å². The number of halogens is 2. The Balaban J connectivity index is 2.16. The molecule has 4 nitrogen and oxygen atoms in total. The highest BCUT2D eigenvalue weighted by Gasteiger charge is 2.19.